The number of aryl methyl sites for hydroxylation is 1. The van der Waals surface area contributed by atoms with Crippen LogP contribution in [-0.2, 0) is 12.8 Å². The van der Waals surface area contributed by atoms with Crippen molar-refractivity contribution in [3.05, 3.63) is 34.7 Å². The molecule has 0 heterocycles. The lowest BCUT2D eigenvalue weighted by Gasteiger charge is -1.93. The molecule has 0 saturated heterocycles. The first-order chi connectivity index (χ1) is 4.70. The zero-order valence-electron chi connectivity index (χ0n) is 5.57. The van der Waals surface area contributed by atoms with Crippen molar-refractivity contribution in [1.29, 1.82) is 0 Å². The van der Waals surface area contributed by atoms with Crippen LogP contribution in [0.2, 0.25) is 0 Å². The van der Waals surface area contributed by atoms with Crippen LogP contribution in [0, 0.1) is 11.8 Å². The van der Waals surface area contributed by atoms with E-state index in [1.807, 2.05) is 19.1 Å². The van der Waals surface area contributed by atoms with Crippen LogP contribution < -0.4 is 0 Å². The maximum absolute atomic E-state index is 10.5. The Bertz CT molecular complexity index is 260. The molecule has 0 spiro atoms. The van der Waals surface area contributed by atoms with E-state index in [0.717, 1.165) is 5.56 Å². The SMILES string of the molecule is Cc1cccc([N+](=O)[S-])c1. The van der Waals surface area contributed by atoms with E-state index in [0.29, 0.717) is 9.85 Å². The van der Waals surface area contributed by atoms with Crippen molar-refractivity contribution in [2.75, 3.05) is 0 Å². The summed E-state index contributed by atoms with van der Waals surface area (Å²) in [7, 11) is 0. The highest BCUT2D eigenvalue weighted by Gasteiger charge is 1.98. The molecular formula is C7H7NOS. The lowest BCUT2D eigenvalue weighted by Crippen LogP contribution is -1.87. The molecule has 0 saturated carbocycles. The summed E-state index contributed by atoms with van der Waals surface area (Å²) in [6, 6.07) is 7.16. The molecule has 0 N–H and O–H groups in total. The second-order valence-electron chi connectivity index (χ2n) is 2.10. The van der Waals surface area contributed by atoms with Gasteiger partial charge in [-0.25, -0.2) is 0 Å². The van der Waals surface area contributed by atoms with Gasteiger partial charge in [0.05, 0.1) is 0 Å². The van der Waals surface area contributed by atoms with Crippen LogP contribution in [0.4, 0.5) is 5.69 Å². The molecule has 0 aliphatic heterocycles. The fourth-order valence-electron chi connectivity index (χ4n) is 0.742. The molecular weight excluding hydrogens is 146 g/mol. The maximum Gasteiger partial charge on any atom is 0.238 e. The minimum atomic E-state index is 0.438. The molecule has 1 rings (SSSR count). The highest BCUT2D eigenvalue weighted by molar-refractivity contribution is 7.51. The third-order valence-electron chi connectivity index (χ3n) is 1.21. The lowest BCUT2D eigenvalue weighted by molar-refractivity contribution is -0.262. The Balaban J connectivity index is 3.07. The highest BCUT2D eigenvalue weighted by Crippen LogP contribution is 2.11. The third kappa shape index (κ3) is 1.51. The fourth-order valence-corrected chi connectivity index (χ4v) is 0.855. The van der Waals surface area contributed by atoms with E-state index in [1.165, 1.54) is 0 Å². The summed E-state index contributed by atoms with van der Waals surface area (Å²) in [5.41, 5.74) is 1.57. The van der Waals surface area contributed by atoms with Crippen molar-refractivity contribution < 1.29 is 4.17 Å². The molecule has 0 amide bonds. The quantitative estimate of drug-likeness (QED) is 0.453. The van der Waals surface area contributed by atoms with Crippen LogP contribution in [0.25, 0.3) is 0 Å². The zero-order valence-corrected chi connectivity index (χ0v) is 6.39. The number of rotatable bonds is 1. The molecule has 0 aliphatic carbocycles. The van der Waals surface area contributed by atoms with Gasteiger partial charge in [-0.1, -0.05) is 16.3 Å². The van der Waals surface area contributed by atoms with Crippen molar-refractivity contribution in [2.45, 2.75) is 6.92 Å². The van der Waals surface area contributed by atoms with E-state index < -0.39 is 0 Å². The summed E-state index contributed by atoms with van der Waals surface area (Å²) in [5.74, 6) is 0. The Kier molecular flexibility index (Phi) is 1.97. The van der Waals surface area contributed by atoms with Crippen LogP contribution in [-0.4, -0.2) is 4.17 Å². The van der Waals surface area contributed by atoms with Gasteiger partial charge in [0.25, 0.3) is 0 Å². The first-order valence-corrected chi connectivity index (χ1v) is 3.28. The third-order valence-corrected chi connectivity index (χ3v) is 1.42. The van der Waals surface area contributed by atoms with Crippen LogP contribution in [0.5, 0.6) is 0 Å². The van der Waals surface area contributed by atoms with Gasteiger partial charge in [-0.15, -0.1) is 0 Å². The van der Waals surface area contributed by atoms with Gasteiger partial charge < -0.3 is 12.8 Å². The second-order valence-corrected chi connectivity index (χ2v) is 2.43. The van der Waals surface area contributed by atoms with E-state index in [2.05, 4.69) is 12.8 Å². The number of nitroso groups, excluding NO2 is 1. The first kappa shape index (κ1) is 7.15. The summed E-state index contributed by atoms with van der Waals surface area (Å²) in [5, 5.41) is 0. The molecule has 0 aromatic heterocycles. The summed E-state index contributed by atoms with van der Waals surface area (Å²) in [4.78, 5) is 10.5. The summed E-state index contributed by atoms with van der Waals surface area (Å²) >= 11 is 4.38. The smallest absolute Gasteiger partial charge is 0.238 e. The molecule has 2 nitrogen and oxygen atoms in total. The van der Waals surface area contributed by atoms with Gasteiger partial charge in [-0.05, 0) is 12.5 Å². The van der Waals surface area contributed by atoms with E-state index in [-0.39, 0.29) is 0 Å². The number of benzene rings is 1. The van der Waals surface area contributed by atoms with Crippen molar-refractivity contribution >= 4 is 18.5 Å². The van der Waals surface area contributed by atoms with E-state index in [9.17, 15) is 4.91 Å². The van der Waals surface area contributed by atoms with Crippen molar-refractivity contribution in [3.63, 3.8) is 0 Å². The predicted molar refractivity (Wildman–Crippen MR) is 41.8 cm³/mol. The first-order valence-electron chi connectivity index (χ1n) is 2.91. The molecule has 0 bridgehead atoms. The topological polar surface area (TPSA) is 20.1 Å². The van der Waals surface area contributed by atoms with Crippen molar-refractivity contribution in [1.82, 2.24) is 0 Å². The van der Waals surface area contributed by atoms with E-state index in [4.69, 9.17) is 0 Å². The standard InChI is InChI=1S/C7H7NOS/c1-6-3-2-4-7(5-6)8(9)10/h2-5H,1H3. The molecule has 0 aliphatic rings. The average Bonchev–Trinajstić information content (AvgIpc) is 1.88. The van der Waals surface area contributed by atoms with Gasteiger partial charge in [-0.2, -0.15) is 0 Å². The van der Waals surface area contributed by atoms with Gasteiger partial charge in [0.1, 0.15) is 0 Å². The Morgan fingerprint density at radius 2 is 2.20 bits per heavy atom. The van der Waals surface area contributed by atoms with E-state index in [1.54, 1.807) is 12.1 Å². The Hall–Kier alpha value is -0.960. The molecule has 1 aromatic carbocycles. The van der Waals surface area contributed by atoms with Gasteiger partial charge in [0.2, 0.25) is 5.69 Å². The van der Waals surface area contributed by atoms with Crippen LogP contribution >= 0.6 is 0 Å². The van der Waals surface area contributed by atoms with Gasteiger partial charge >= 0.3 is 0 Å². The predicted octanol–water partition coefficient (Wildman–Crippen LogP) is 1.87. The molecule has 52 valence electrons. The van der Waals surface area contributed by atoms with Crippen LogP contribution in [0.1, 0.15) is 5.56 Å². The number of hydrogen-bond acceptors (Lipinski definition) is 2. The number of hydrogen-bond donors (Lipinski definition) is 0. The number of nitrogens with zero attached hydrogens (tertiary/aromatic N) is 1. The minimum absolute atomic E-state index is 0.438. The summed E-state index contributed by atoms with van der Waals surface area (Å²) < 4.78 is 0.438. The fraction of sp³-hybridized carbons (Fsp3) is 0.143. The molecule has 3 heteroatoms. The second kappa shape index (κ2) is 2.75. The van der Waals surface area contributed by atoms with Gasteiger partial charge in [-0.3, -0.25) is 0 Å². The molecule has 10 heavy (non-hydrogen) atoms. The van der Waals surface area contributed by atoms with Gasteiger partial charge in [0, 0.05) is 17.0 Å². The summed E-state index contributed by atoms with van der Waals surface area (Å²) in [6.07, 6.45) is 0. The van der Waals surface area contributed by atoms with Crippen LogP contribution in [0.3, 0.4) is 0 Å². The molecule has 0 fully saturated rings. The van der Waals surface area contributed by atoms with E-state index >= 15 is 0 Å². The zero-order chi connectivity index (χ0) is 7.56. The highest BCUT2D eigenvalue weighted by atomic mass is 32.1. The lowest BCUT2D eigenvalue weighted by atomic mass is 10.2. The molecule has 0 atom stereocenters. The van der Waals surface area contributed by atoms with Gasteiger partial charge in [0.15, 0.2) is 0 Å². The summed E-state index contributed by atoms with van der Waals surface area (Å²) in [6.45, 7) is 1.92. The van der Waals surface area contributed by atoms with Crippen LogP contribution in [0.15, 0.2) is 24.3 Å². The normalized spacial score (nSPS) is 9.30. The Labute approximate surface area is 65.0 Å². The molecule has 0 unspecified atom stereocenters. The average molecular weight is 153 g/mol. The Morgan fingerprint density at radius 3 is 2.60 bits per heavy atom. The molecule has 1 aromatic rings. The van der Waals surface area contributed by atoms with Crippen molar-refractivity contribution in [2.24, 2.45) is 0 Å². The monoisotopic (exact) mass is 153 g/mol. The Morgan fingerprint density at radius 1 is 1.50 bits per heavy atom. The van der Waals surface area contributed by atoms with Crippen molar-refractivity contribution in [3.8, 4) is 0 Å². The maximum atomic E-state index is 10.5. The minimum Gasteiger partial charge on any atom is -0.364 e. The molecule has 0 radical (unpaired) electrons. The largest absolute Gasteiger partial charge is 0.364 e.